The Labute approximate surface area is 111 Å². The van der Waals surface area contributed by atoms with Crippen LogP contribution in [0.2, 0.25) is 10.0 Å². The number of aliphatic carboxylic acids is 1. The molecular weight excluding hydrogens is 283 g/mol. The second-order valence-corrected chi connectivity index (χ2v) is 5.45. The number of amidine groups is 1. The van der Waals surface area contributed by atoms with Crippen LogP contribution < -0.4 is 4.90 Å². The summed E-state index contributed by atoms with van der Waals surface area (Å²) in [6.07, 6.45) is 0. The Morgan fingerprint density at radius 1 is 1.53 bits per heavy atom. The molecule has 0 spiro atoms. The summed E-state index contributed by atoms with van der Waals surface area (Å²) in [5.41, 5.74) is 0.881. The van der Waals surface area contributed by atoms with Crippen molar-refractivity contribution in [3.05, 3.63) is 22.2 Å². The molecule has 3 rings (SSSR count). The van der Waals surface area contributed by atoms with Crippen molar-refractivity contribution < 1.29 is 9.90 Å². The van der Waals surface area contributed by atoms with Crippen molar-refractivity contribution >= 4 is 51.8 Å². The van der Waals surface area contributed by atoms with Crippen LogP contribution in [0.3, 0.4) is 0 Å². The highest BCUT2D eigenvalue weighted by Gasteiger charge is 2.38. The molecule has 0 aliphatic carbocycles. The van der Waals surface area contributed by atoms with Crippen molar-refractivity contribution in [2.75, 3.05) is 11.4 Å². The lowest BCUT2D eigenvalue weighted by Gasteiger charge is -2.13. The largest absolute Gasteiger partial charge is 0.480 e. The number of benzene rings is 1. The molecule has 0 bridgehead atoms. The monoisotopic (exact) mass is 288 g/mol. The molecule has 0 radical (unpaired) electrons. The third-order valence-corrected chi connectivity index (χ3v) is 4.69. The topological polar surface area (TPSA) is 52.9 Å². The summed E-state index contributed by atoms with van der Waals surface area (Å²) in [5, 5.41) is 10.6. The summed E-state index contributed by atoms with van der Waals surface area (Å²) in [6.45, 7) is 0.350. The Bertz CT molecular complexity index is 561. The molecule has 0 fully saturated rings. The number of thioether (sulfide) groups is 1. The van der Waals surface area contributed by atoms with Gasteiger partial charge in [-0.15, -0.1) is 0 Å². The van der Waals surface area contributed by atoms with E-state index in [0.717, 1.165) is 10.6 Å². The lowest BCUT2D eigenvalue weighted by molar-refractivity contribution is -0.137. The number of aliphatic imine (C=N–C) groups is 1. The lowest BCUT2D eigenvalue weighted by atomic mass is 10.2. The van der Waals surface area contributed by atoms with Gasteiger partial charge in [-0.25, -0.2) is 9.79 Å². The average Bonchev–Trinajstić information content (AvgIpc) is 2.81. The quantitative estimate of drug-likeness (QED) is 0.863. The molecule has 0 saturated carbocycles. The summed E-state index contributed by atoms with van der Waals surface area (Å²) in [6, 6.07) is 2.85. The first-order valence-corrected chi connectivity index (χ1v) is 6.39. The van der Waals surface area contributed by atoms with Crippen molar-refractivity contribution in [3.8, 4) is 0 Å². The van der Waals surface area contributed by atoms with Crippen LogP contribution in [-0.4, -0.2) is 28.8 Å². The van der Waals surface area contributed by atoms with Crippen molar-refractivity contribution in [2.45, 2.75) is 10.9 Å². The number of hydrogen-bond acceptors (Lipinski definition) is 4. The van der Waals surface area contributed by atoms with E-state index in [1.54, 1.807) is 6.07 Å². The Morgan fingerprint density at radius 2 is 2.29 bits per heavy atom. The van der Waals surface area contributed by atoms with Crippen LogP contribution in [0.1, 0.15) is 0 Å². The number of carbonyl (C=O) groups is 1. The smallest absolute Gasteiger partial charge is 0.330 e. The summed E-state index contributed by atoms with van der Waals surface area (Å²) in [4.78, 5) is 17.7. The highest BCUT2D eigenvalue weighted by molar-refractivity contribution is 8.15. The Hall–Kier alpha value is -0.910. The number of carboxylic acid groups (broad SMARTS) is 1. The summed E-state index contributed by atoms with van der Waals surface area (Å²) < 4.78 is 0. The van der Waals surface area contributed by atoms with Crippen LogP contribution >= 0.6 is 35.0 Å². The van der Waals surface area contributed by atoms with Crippen molar-refractivity contribution in [1.82, 2.24) is 0 Å². The van der Waals surface area contributed by atoms with Crippen LogP contribution in [0, 0.1) is 0 Å². The van der Waals surface area contributed by atoms with Crippen LogP contribution in [0.5, 0.6) is 0 Å². The van der Waals surface area contributed by atoms with E-state index in [2.05, 4.69) is 4.99 Å². The average molecular weight is 289 g/mol. The third-order valence-electron chi connectivity index (χ3n) is 2.65. The van der Waals surface area contributed by atoms with Gasteiger partial charge in [-0.05, 0) is 23.9 Å². The van der Waals surface area contributed by atoms with E-state index in [4.69, 9.17) is 28.3 Å². The Balaban J connectivity index is 2.03. The molecule has 1 aromatic rings. The minimum atomic E-state index is -0.908. The normalized spacial score (nSPS) is 21.2. The molecular formula is C10H6Cl2N2O2S. The van der Waals surface area contributed by atoms with Crippen LogP contribution in [0.25, 0.3) is 0 Å². The molecule has 1 N–H and O–H groups in total. The number of hydrogen-bond donors (Lipinski definition) is 1. The molecule has 2 heterocycles. The van der Waals surface area contributed by atoms with Gasteiger partial charge >= 0.3 is 5.97 Å². The van der Waals surface area contributed by atoms with Crippen LogP contribution in [0.4, 0.5) is 5.69 Å². The van der Waals surface area contributed by atoms with E-state index in [1.807, 2.05) is 11.0 Å². The second kappa shape index (κ2) is 3.80. The van der Waals surface area contributed by atoms with Gasteiger partial charge in [-0.1, -0.05) is 23.2 Å². The van der Waals surface area contributed by atoms with Crippen molar-refractivity contribution in [3.63, 3.8) is 0 Å². The molecule has 0 saturated heterocycles. The predicted molar refractivity (Wildman–Crippen MR) is 68.5 cm³/mol. The Morgan fingerprint density at radius 3 is 3.00 bits per heavy atom. The predicted octanol–water partition coefficient (Wildman–Crippen LogP) is 2.73. The van der Waals surface area contributed by atoms with Gasteiger partial charge in [-0.2, -0.15) is 0 Å². The molecule has 1 aromatic carbocycles. The molecule has 0 amide bonds. The highest BCUT2D eigenvalue weighted by atomic mass is 35.5. The van der Waals surface area contributed by atoms with E-state index >= 15 is 0 Å². The fourth-order valence-corrected chi connectivity index (χ4v) is 3.45. The third kappa shape index (κ3) is 1.61. The van der Waals surface area contributed by atoms with Crippen molar-refractivity contribution in [1.29, 1.82) is 0 Å². The van der Waals surface area contributed by atoms with Gasteiger partial charge in [0.1, 0.15) is 0 Å². The number of fused-ring (bicyclic) bond motifs is 3. The van der Waals surface area contributed by atoms with Gasteiger partial charge in [0.05, 0.1) is 27.2 Å². The molecule has 1 atom stereocenters. The molecule has 2 aliphatic rings. The summed E-state index contributed by atoms with van der Waals surface area (Å²) in [5.74, 6) is -0.908. The number of anilines is 1. The number of halogens is 2. The van der Waals surface area contributed by atoms with E-state index in [0.29, 0.717) is 21.8 Å². The molecule has 0 aromatic heterocycles. The number of rotatable bonds is 1. The first-order valence-electron chi connectivity index (χ1n) is 4.82. The first kappa shape index (κ1) is 11.2. The molecule has 4 nitrogen and oxygen atoms in total. The summed E-state index contributed by atoms with van der Waals surface area (Å²) in [7, 11) is 0. The van der Waals surface area contributed by atoms with Gasteiger partial charge in [0.2, 0.25) is 0 Å². The Kier molecular flexibility index (Phi) is 2.50. The van der Waals surface area contributed by atoms with Gasteiger partial charge in [0.25, 0.3) is 0 Å². The standard InChI is InChI=1S/C10H6Cl2N2O2S/c11-4-1-2-6-8(7(4)12)17-10-13-5(9(15)16)3-14(6)10/h1-2,5H,3H2,(H,15,16). The summed E-state index contributed by atoms with van der Waals surface area (Å²) >= 11 is 13.4. The minimum Gasteiger partial charge on any atom is -0.480 e. The van der Waals surface area contributed by atoms with E-state index < -0.39 is 12.0 Å². The van der Waals surface area contributed by atoms with Crippen LogP contribution in [0.15, 0.2) is 22.0 Å². The lowest BCUT2D eigenvalue weighted by Crippen LogP contribution is -2.28. The van der Waals surface area contributed by atoms with E-state index in [1.165, 1.54) is 11.8 Å². The van der Waals surface area contributed by atoms with Gasteiger partial charge < -0.3 is 10.0 Å². The molecule has 17 heavy (non-hydrogen) atoms. The zero-order valence-corrected chi connectivity index (χ0v) is 10.7. The van der Waals surface area contributed by atoms with Crippen molar-refractivity contribution in [2.24, 2.45) is 4.99 Å². The zero-order chi connectivity index (χ0) is 12.2. The maximum Gasteiger partial charge on any atom is 0.330 e. The van der Waals surface area contributed by atoms with E-state index in [-0.39, 0.29) is 0 Å². The SMILES string of the molecule is O=C(O)C1CN2C(=N1)Sc1c2ccc(Cl)c1Cl. The zero-order valence-electron chi connectivity index (χ0n) is 8.35. The molecule has 7 heteroatoms. The highest BCUT2D eigenvalue weighted by Crippen LogP contribution is 2.48. The van der Waals surface area contributed by atoms with Gasteiger partial charge in [-0.3, -0.25) is 0 Å². The molecule has 2 aliphatic heterocycles. The molecule has 88 valence electrons. The molecule has 1 unspecified atom stereocenters. The first-order chi connectivity index (χ1) is 8.08. The maximum absolute atomic E-state index is 10.9. The number of nitrogens with zero attached hydrogens (tertiary/aromatic N) is 2. The minimum absolute atomic E-state index is 0.350. The van der Waals surface area contributed by atoms with Gasteiger partial charge in [0.15, 0.2) is 11.2 Å². The number of carboxylic acids is 1. The second-order valence-electron chi connectivity index (χ2n) is 3.69. The van der Waals surface area contributed by atoms with Crippen LogP contribution in [-0.2, 0) is 4.79 Å². The van der Waals surface area contributed by atoms with E-state index in [9.17, 15) is 4.79 Å². The fourth-order valence-electron chi connectivity index (χ4n) is 1.83. The maximum atomic E-state index is 10.9. The fraction of sp³-hybridized carbons (Fsp3) is 0.200. The van der Waals surface area contributed by atoms with Gasteiger partial charge in [0, 0.05) is 0 Å².